The minimum absolute atomic E-state index is 0. The molecular weight excluding hydrogens is 206 g/mol. The summed E-state index contributed by atoms with van der Waals surface area (Å²) < 4.78 is 11.1. The predicted octanol–water partition coefficient (Wildman–Crippen LogP) is 2.77. The van der Waals surface area contributed by atoms with Gasteiger partial charge in [-0.3, -0.25) is 4.94 Å². The number of rotatable bonds is 6. The minimum Gasteiger partial charge on any atom is -0.255 e. The molecule has 0 saturated heterocycles. The van der Waals surface area contributed by atoms with Crippen molar-refractivity contribution >= 4 is 5.97 Å². The molecule has 0 unspecified atom stereocenters. The van der Waals surface area contributed by atoms with Crippen LogP contribution in [0, 0.1) is 0 Å². The molecule has 0 fully saturated rings. The molecule has 0 heterocycles. The van der Waals surface area contributed by atoms with Crippen LogP contribution in [0.4, 0.5) is 4.53 Å². The van der Waals surface area contributed by atoms with Crippen LogP contribution < -0.4 is 0 Å². The van der Waals surface area contributed by atoms with Crippen LogP contribution in [0.5, 0.6) is 0 Å². The van der Waals surface area contributed by atoms with Crippen LogP contribution in [0.2, 0.25) is 0 Å². The largest absolute Gasteiger partial charge is 0.348 e. The Labute approximate surface area is 83.0 Å². The monoisotopic (exact) mass is 221 g/mol. The SMILES string of the molecule is CCCCCCCC(=O)OF.[Co]. The van der Waals surface area contributed by atoms with Crippen molar-refractivity contribution in [2.75, 3.05) is 0 Å². The number of halogens is 1. The van der Waals surface area contributed by atoms with Gasteiger partial charge in [-0.05, 0) is 6.42 Å². The van der Waals surface area contributed by atoms with Crippen LogP contribution in [0.15, 0.2) is 0 Å². The molecule has 0 bridgehead atoms. The molecule has 4 heteroatoms. The van der Waals surface area contributed by atoms with Crippen molar-refractivity contribution in [2.45, 2.75) is 45.4 Å². The molecule has 1 radical (unpaired) electrons. The zero-order chi connectivity index (χ0) is 8.53. The van der Waals surface area contributed by atoms with Gasteiger partial charge in [-0.15, -0.1) is 0 Å². The molecule has 75 valence electrons. The maximum atomic E-state index is 11.1. The van der Waals surface area contributed by atoms with Crippen molar-refractivity contribution in [1.82, 2.24) is 0 Å². The Morgan fingerprint density at radius 1 is 1.25 bits per heavy atom. The quantitative estimate of drug-likeness (QED) is 0.644. The molecule has 0 aliphatic carbocycles. The summed E-state index contributed by atoms with van der Waals surface area (Å²) in [5, 5.41) is 0. The van der Waals surface area contributed by atoms with Gasteiger partial charge in [-0.1, -0.05) is 32.6 Å². The molecule has 12 heavy (non-hydrogen) atoms. The molecule has 0 amide bonds. The summed E-state index contributed by atoms with van der Waals surface area (Å²) in [5.41, 5.74) is 0. The average molecular weight is 221 g/mol. The molecule has 2 nitrogen and oxygen atoms in total. The van der Waals surface area contributed by atoms with Crippen molar-refractivity contribution in [3.8, 4) is 0 Å². The number of unbranched alkanes of at least 4 members (excludes halogenated alkanes) is 4. The maximum Gasteiger partial charge on any atom is 0.348 e. The van der Waals surface area contributed by atoms with E-state index in [1.54, 1.807) is 0 Å². The van der Waals surface area contributed by atoms with Gasteiger partial charge in [0.1, 0.15) is 0 Å². The van der Waals surface area contributed by atoms with Crippen molar-refractivity contribution < 1.29 is 31.0 Å². The summed E-state index contributed by atoms with van der Waals surface area (Å²) in [6, 6.07) is 0. The number of hydrogen-bond donors (Lipinski definition) is 0. The van der Waals surface area contributed by atoms with Crippen LogP contribution in [0.1, 0.15) is 45.4 Å². The Hall–Kier alpha value is -0.0935. The van der Waals surface area contributed by atoms with E-state index in [1.165, 1.54) is 12.8 Å². The summed E-state index contributed by atoms with van der Waals surface area (Å²) in [5.74, 6) is -0.749. The van der Waals surface area contributed by atoms with Gasteiger partial charge in [0.2, 0.25) is 0 Å². The predicted molar refractivity (Wildman–Crippen MR) is 40.6 cm³/mol. The number of carbonyl (C=O) groups is 1. The van der Waals surface area contributed by atoms with Gasteiger partial charge in [-0.2, -0.15) is 0 Å². The zero-order valence-corrected chi connectivity index (χ0v) is 8.31. The maximum absolute atomic E-state index is 11.1. The van der Waals surface area contributed by atoms with Crippen LogP contribution in [0.25, 0.3) is 0 Å². The van der Waals surface area contributed by atoms with Crippen LogP contribution >= 0.6 is 0 Å². The van der Waals surface area contributed by atoms with E-state index in [2.05, 4.69) is 11.9 Å². The van der Waals surface area contributed by atoms with Crippen LogP contribution in [-0.2, 0) is 26.5 Å². The Kier molecular flexibility index (Phi) is 13.1. The second-order valence-corrected chi connectivity index (χ2v) is 2.61. The molecule has 0 aromatic carbocycles. The van der Waals surface area contributed by atoms with Gasteiger partial charge in [0, 0.05) is 27.7 Å². The van der Waals surface area contributed by atoms with Crippen molar-refractivity contribution in [3.63, 3.8) is 0 Å². The third-order valence-electron chi connectivity index (χ3n) is 1.57. The Balaban J connectivity index is 0. The topological polar surface area (TPSA) is 26.3 Å². The molecule has 0 aliphatic heterocycles. The molecule has 0 aromatic rings. The first-order valence-corrected chi connectivity index (χ1v) is 4.12. The average Bonchev–Trinajstić information content (AvgIpc) is 2.04. The summed E-state index contributed by atoms with van der Waals surface area (Å²) in [6.07, 6.45) is 5.42. The standard InChI is InChI=1S/C8H15FO2.Co/c1-2-3-4-5-6-7-8(10)11-9;/h2-7H2,1H3;. The van der Waals surface area contributed by atoms with E-state index in [0.717, 1.165) is 19.3 Å². The molecule has 0 N–H and O–H groups in total. The fourth-order valence-corrected chi connectivity index (χ4v) is 0.911. The normalized spacial score (nSPS) is 8.83. The first-order valence-electron chi connectivity index (χ1n) is 4.12. The smallest absolute Gasteiger partial charge is 0.255 e. The van der Waals surface area contributed by atoms with Crippen molar-refractivity contribution in [1.29, 1.82) is 0 Å². The van der Waals surface area contributed by atoms with Gasteiger partial charge in [0.25, 0.3) is 0 Å². The van der Waals surface area contributed by atoms with Crippen molar-refractivity contribution in [2.24, 2.45) is 0 Å². The molecule has 0 atom stereocenters. The van der Waals surface area contributed by atoms with E-state index >= 15 is 0 Å². The second kappa shape index (κ2) is 10.9. The third-order valence-corrected chi connectivity index (χ3v) is 1.57. The van der Waals surface area contributed by atoms with E-state index in [4.69, 9.17) is 0 Å². The first kappa shape index (κ1) is 14.4. The minimum atomic E-state index is -0.749. The fraction of sp³-hybridized carbons (Fsp3) is 0.875. The summed E-state index contributed by atoms with van der Waals surface area (Å²) >= 11 is 0. The molecule has 0 spiro atoms. The molecule has 0 aromatic heterocycles. The van der Waals surface area contributed by atoms with Gasteiger partial charge in [0.05, 0.1) is 0 Å². The van der Waals surface area contributed by atoms with Gasteiger partial charge >= 0.3 is 5.97 Å². The summed E-state index contributed by atoms with van der Waals surface area (Å²) in [6.45, 7) is 2.12. The number of hydrogen-bond acceptors (Lipinski definition) is 2. The zero-order valence-electron chi connectivity index (χ0n) is 7.27. The number of carbonyl (C=O) groups excluding carboxylic acids is 1. The van der Waals surface area contributed by atoms with E-state index in [0.29, 0.717) is 0 Å². The van der Waals surface area contributed by atoms with E-state index in [1.807, 2.05) is 0 Å². The Morgan fingerprint density at radius 3 is 2.33 bits per heavy atom. The van der Waals surface area contributed by atoms with Crippen LogP contribution in [-0.4, -0.2) is 5.97 Å². The summed E-state index contributed by atoms with van der Waals surface area (Å²) in [7, 11) is 0. The fourth-order valence-electron chi connectivity index (χ4n) is 0.911. The Bertz CT molecular complexity index is 109. The van der Waals surface area contributed by atoms with Gasteiger partial charge < -0.3 is 0 Å². The van der Waals surface area contributed by atoms with Crippen LogP contribution in [0.3, 0.4) is 0 Å². The molecule has 0 aliphatic rings. The summed E-state index contributed by atoms with van der Waals surface area (Å²) in [4.78, 5) is 13.3. The van der Waals surface area contributed by atoms with E-state index in [9.17, 15) is 9.32 Å². The van der Waals surface area contributed by atoms with Crippen molar-refractivity contribution in [3.05, 3.63) is 0 Å². The third kappa shape index (κ3) is 9.91. The van der Waals surface area contributed by atoms with E-state index < -0.39 is 5.97 Å². The second-order valence-electron chi connectivity index (χ2n) is 2.61. The molecular formula is C8H15CoFO2. The van der Waals surface area contributed by atoms with E-state index in [-0.39, 0.29) is 23.2 Å². The van der Waals surface area contributed by atoms with Gasteiger partial charge in [-0.25, -0.2) is 4.79 Å². The molecule has 0 saturated carbocycles. The van der Waals surface area contributed by atoms with Gasteiger partial charge in [0.15, 0.2) is 0 Å². The molecule has 0 rings (SSSR count). The first-order chi connectivity index (χ1) is 5.31. The Morgan fingerprint density at radius 2 is 1.83 bits per heavy atom.